The van der Waals surface area contributed by atoms with Crippen molar-refractivity contribution < 1.29 is 4.79 Å². The SMILES string of the molecule is CCN(CC)C1CCN(C(=O)Nc2ccc(Br)cn2)C1. The summed E-state index contributed by atoms with van der Waals surface area (Å²) in [5.74, 6) is 0.587. The molecule has 2 rings (SSSR count). The lowest BCUT2D eigenvalue weighted by Crippen LogP contribution is -2.39. The van der Waals surface area contributed by atoms with Crippen molar-refractivity contribution in [1.29, 1.82) is 0 Å². The molecule has 1 atom stereocenters. The minimum atomic E-state index is -0.0607. The van der Waals surface area contributed by atoms with Crippen LogP contribution in [-0.2, 0) is 0 Å². The van der Waals surface area contributed by atoms with E-state index in [2.05, 4.69) is 45.0 Å². The predicted octanol–water partition coefficient (Wildman–Crippen LogP) is 2.79. The van der Waals surface area contributed by atoms with Crippen LogP contribution in [0.5, 0.6) is 0 Å². The number of likely N-dealkylation sites (tertiary alicyclic amines) is 1. The Hall–Kier alpha value is -1.14. The van der Waals surface area contributed by atoms with Crippen LogP contribution in [0.3, 0.4) is 0 Å². The second-order valence-electron chi connectivity index (χ2n) is 4.90. The molecule has 0 aromatic carbocycles. The lowest BCUT2D eigenvalue weighted by Gasteiger charge is -2.26. The molecule has 1 aromatic heterocycles. The average Bonchev–Trinajstić information content (AvgIpc) is 2.92. The van der Waals surface area contributed by atoms with E-state index < -0.39 is 0 Å². The number of anilines is 1. The molecule has 0 spiro atoms. The Morgan fingerprint density at radius 1 is 1.50 bits per heavy atom. The van der Waals surface area contributed by atoms with Gasteiger partial charge in [-0.05, 0) is 47.6 Å². The third-order valence-electron chi connectivity index (χ3n) is 3.74. The highest BCUT2D eigenvalue weighted by Gasteiger charge is 2.29. The van der Waals surface area contributed by atoms with Gasteiger partial charge in [-0.15, -0.1) is 0 Å². The van der Waals surface area contributed by atoms with E-state index in [9.17, 15) is 4.79 Å². The minimum Gasteiger partial charge on any atom is -0.323 e. The molecule has 0 bridgehead atoms. The highest BCUT2D eigenvalue weighted by Crippen LogP contribution is 2.17. The number of aromatic nitrogens is 1. The second-order valence-corrected chi connectivity index (χ2v) is 5.82. The molecule has 20 heavy (non-hydrogen) atoms. The maximum Gasteiger partial charge on any atom is 0.323 e. The first-order chi connectivity index (χ1) is 9.63. The first-order valence-electron chi connectivity index (χ1n) is 7.05. The van der Waals surface area contributed by atoms with Gasteiger partial charge in [-0.2, -0.15) is 0 Å². The van der Waals surface area contributed by atoms with Gasteiger partial charge in [0.2, 0.25) is 0 Å². The molecule has 1 aromatic rings. The van der Waals surface area contributed by atoms with Crippen LogP contribution in [-0.4, -0.2) is 53.0 Å². The van der Waals surface area contributed by atoms with Gasteiger partial charge in [-0.1, -0.05) is 13.8 Å². The van der Waals surface area contributed by atoms with Gasteiger partial charge in [0.15, 0.2) is 0 Å². The maximum atomic E-state index is 12.2. The highest BCUT2D eigenvalue weighted by atomic mass is 79.9. The van der Waals surface area contributed by atoms with Crippen molar-refractivity contribution in [2.75, 3.05) is 31.5 Å². The molecule has 6 heteroatoms. The third kappa shape index (κ3) is 3.70. The van der Waals surface area contributed by atoms with Crippen LogP contribution in [0.25, 0.3) is 0 Å². The zero-order chi connectivity index (χ0) is 14.5. The van der Waals surface area contributed by atoms with Crippen LogP contribution < -0.4 is 5.32 Å². The first kappa shape index (κ1) is 15.3. The van der Waals surface area contributed by atoms with Gasteiger partial charge < -0.3 is 4.90 Å². The van der Waals surface area contributed by atoms with Crippen LogP contribution >= 0.6 is 15.9 Å². The summed E-state index contributed by atoms with van der Waals surface area (Å²) in [6.07, 6.45) is 2.72. The minimum absolute atomic E-state index is 0.0607. The molecule has 0 saturated carbocycles. The zero-order valence-corrected chi connectivity index (χ0v) is 13.6. The van der Waals surface area contributed by atoms with Gasteiger partial charge >= 0.3 is 6.03 Å². The predicted molar refractivity (Wildman–Crippen MR) is 83.9 cm³/mol. The fraction of sp³-hybridized carbons (Fsp3) is 0.571. The second kappa shape index (κ2) is 7.04. The first-order valence-corrected chi connectivity index (χ1v) is 7.84. The van der Waals surface area contributed by atoms with Gasteiger partial charge in [0.05, 0.1) is 0 Å². The molecule has 1 unspecified atom stereocenters. The lowest BCUT2D eigenvalue weighted by atomic mass is 10.2. The number of rotatable bonds is 4. The average molecular weight is 341 g/mol. The van der Waals surface area contributed by atoms with Crippen LogP contribution in [0.4, 0.5) is 10.6 Å². The molecule has 2 amide bonds. The number of nitrogens with zero attached hydrogens (tertiary/aromatic N) is 3. The zero-order valence-electron chi connectivity index (χ0n) is 12.0. The molecule has 5 nitrogen and oxygen atoms in total. The number of nitrogens with one attached hydrogen (secondary N) is 1. The molecule has 110 valence electrons. The summed E-state index contributed by atoms with van der Waals surface area (Å²) in [5, 5.41) is 2.84. The molecule has 1 saturated heterocycles. The number of amides is 2. The monoisotopic (exact) mass is 340 g/mol. The Kier molecular flexibility index (Phi) is 5.37. The van der Waals surface area contributed by atoms with E-state index in [0.717, 1.165) is 37.1 Å². The number of carbonyl (C=O) groups is 1. The van der Waals surface area contributed by atoms with E-state index in [-0.39, 0.29) is 6.03 Å². The Balaban J connectivity index is 1.89. The van der Waals surface area contributed by atoms with E-state index in [0.29, 0.717) is 11.9 Å². The molecular formula is C14H21BrN4O. The van der Waals surface area contributed by atoms with Crippen LogP contribution in [0, 0.1) is 0 Å². The number of hydrogen-bond donors (Lipinski definition) is 1. The molecular weight excluding hydrogens is 320 g/mol. The van der Waals surface area contributed by atoms with E-state index in [1.807, 2.05) is 11.0 Å². The summed E-state index contributed by atoms with van der Waals surface area (Å²) in [5.41, 5.74) is 0. The van der Waals surface area contributed by atoms with E-state index >= 15 is 0 Å². The Bertz CT molecular complexity index is 447. The van der Waals surface area contributed by atoms with Gasteiger partial charge in [0.1, 0.15) is 5.82 Å². The third-order valence-corrected chi connectivity index (χ3v) is 4.21. The summed E-state index contributed by atoms with van der Waals surface area (Å²) >= 11 is 3.33. The molecule has 0 aliphatic carbocycles. The highest BCUT2D eigenvalue weighted by molar-refractivity contribution is 9.10. The molecule has 2 heterocycles. The summed E-state index contributed by atoms with van der Waals surface area (Å²) in [6.45, 7) is 8.00. The number of likely N-dealkylation sites (N-methyl/N-ethyl adjacent to an activating group) is 1. The van der Waals surface area contributed by atoms with E-state index in [1.165, 1.54) is 0 Å². The van der Waals surface area contributed by atoms with Crippen molar-refractivity contribution in [1.82, 2.24) is 14.8 Å². The van der Waals surface area contributed by atoms with Gasteiger partial charge in [0, 0.05) is 29.8 Å². The van der Waals surface area contributed by atoms with Crippen molar-refractivity contribution in [3.8, 4) is 0 Å². The summed E-state index contributed by atoms with van der Waals surface area (Å²) < 4.78 is 0.901. The molecule has 1 aliphatic heterocycles. The number of hydrogen-bond acceptors (Lipinski definition) is 3. The molecule has 1 fully saturated rings. The number of carbonyl (C=O) groups excluding carboxylic acids is 1. The summed E-state index contributed by atoms with van der Waals surface area (Å²) in [7, 11) is 0. The van der Waals surface area contributed by atoms with Crippen molar-refractivity contribution in [2.24, 2.45) is 0 Å². The number of halogens is 1. The molecule has 1 N–H and O–H groups in total. The van der Waals surface area contributed by atoms with Crippen molar-refractivity contribution in [3.63, 3.8) is 0 Å². The van der Waals surface area contributed by atoms with Crippen LogP contribution in [0.2, 0.25) is 0 Å². The number of urea groups is 1. The van der Waals surface area contributed by atoms with Gasteiger partial charge in [-0.3, -0.25) is 10.2 Å². The molecule has 1 aliphatic rings. The van der Waals surface area contributed by atoms with Gasteiger partial charge in [0.25, 0.3) is 0 Å². The van der Waals surface area contributed by atoms with Crippen LogP contribution in [0.1, 0.15) is 20.3 Å². The molecule has 0 radical (unpaired) electrons. The van der Waals surface area contributed by atoms with Crippen molar-refractivity contribution in [2.45, 2.75) is 26.3 Å². The summed E-state index contributed by atoms with van der Waals surface area (Å²) in [6, 6.07) is 4.08. The standard InChI is InChI=1S/C14H21BrN4O/c1-3-18(4-2)12-7-8-19(10-12)14(20)17-13-6-5-11(15)9-16-13/h5-6,9,12H,3-4,7-8,10H2,1-2H3,(H,16,17,20). The van der Waals surface area contributed by atoms with Crippen molar-refractivity contribution >= 4 is 27.8 Å². The maximum absolute atomic E-state index is 12.2. The van der Waals surface area contributed by atoms with Crippen LogP contribution in [0.15, 0.2) is 22.8 Å². The summed E-state index contributed by atoms with van der Waals surface area (Å²) in [4.78, 5) is 20.6. The quantitative estimate of drug-likeness (QED) is 0.916. The normalized spacial score (nSPS) is 18.6. The van der Waals surface area contributed by atoms with Crippen molar-refractivity contribution in [3.05, 3.63) is 22.8 Å². The fourth-order valence-electron chi connectivity index (χ4n) is 2.60. The Labute approximate surface area is 128 Å². The smallest absolute Gasteiger partial charge is 0.323 e. The van der Waals surface area contributed by atoms with E-state index in [4.69, 9.17) is 0 Å². The lowest BCUT2D eigenvalue weighted by molar-refractivity contribution is 0.202. The van der Waals surface area contributed by atoms with Gasteiger partial charge in [-0.25, -0.2) is 9.78 Å². The number of pyridine rings is 1. The Morgan fingerprint density at radius 3 is 2.85 bits per heavy atom. The fourth-order valence-corrected chi connectivity index (χ4v) is 2.84. The van der Waals surface area contributed by atoms with E-state index in [1.54, 1.807) is 12.3 Å². The topological polar surface area (TPSA) is 48.5 Å². The Morgan fingerprint density at radius 2 is 2.25 bits per heavy atom. The largest absolute Gasteiger partial charge is 0.323 e.